The van der Waals surface area contributed by atoms with Gasteiger partial charge in [0.15, 0.2) is 0 Å². The number of thioether (sulfide) groups is 1. The number of carbonyl (C=O) groups is 2. The summed E-state index contributed by atoms with van der Waals surface area (Å²) < 4.78 is 11.9. The maximum atomic E-state index is 12.9. The Morgan fingerprint density at radius 1 is 1.06 bits per heavy atom. The summed E-state index contributed by atoms with van der Waals surface area (Å²) in [6.07, 6.45) is 1.71. The molecule has 0 bridgehead atoms. The largest absolute Gasteiger partial charge is 0.426 e. The quantitative estimate of drug-likeness (QED) is 0.119. The molecule has 6 nitrogen and oxygen atoms in total. The van der Waals surface area contributed by atoms with E-state index in [0.29, 0.717) is 35.7 Å². The van der Waals surface area contributed by atoms with Crippen molar-refractivity contribution in [1.29, 1.82) is 0 Å². The summed E-state index contributed by atoms with van der Waals surface area (Å²) in [6, 6.07) is 19.6. The number of rotatable bonds is 6. The smallest absolute Gasteiger partial charge is 0.396 e. The number of thiocarbonyl (C=S) groups is 1. The zero-order chi connectivity index (χ0) is 25.2. The molecule has 10 heteroatoms. The lowest BCUT2D eigenvalue weighted by Crippen LogP contribution is -2.31. The molecule has 1 aliphatic rings. The molecule has 0 spiro atoms. The van der Waals surface area contributed by atoms with Gasteiger partial charge in [0.25, 0.3) is 5.91 Å². The second-order valence-electron chi connectivity index (χ2n) is 7.70. The van der Waals surface area contributed by atoms with Gasteiger partial charge in [-0.05, 0) is 41.5 Å². The van der Waals surface area contributed by atoms with Crippen LogP contribution in [0.2, 0.25) is 5.02 Å². The van der Waals surface area contributed by atoms with Crippen LogP contribution < -0.4 is 9.68 Å². The highest BCUT2D eigenvalue weighted by atomic mass is 35.5. The van der Waals surface area contributed by atoms with Crippen LogP contribution in [0.5, 0.6) is 5.75 Å². The molecule has 0 radical (unpaired) electrons. The van der Waals surface area contributed by atoms with Crippen molar-refractivity contribution in [1.82, 2.24) is 4.90 Å². The van der Waals surface area contributed by atoms with Gasteiger partial charge in [-0.1, -0.05) is 89.4 Å². The summed E-state index contributed by atoms with van der Waals surface area (Å²) >= 11 is 13.5. The third-order valence-electron chi connectivity index (χ3n) is 5.33. The highest BCUT2D eigenvalue weighted by Crippen LogP contribution is 2.39. The summed E-state index contributed by atoms with van der Waals surface area (Å²) in [5.74, 6) is -0.504. The highest BCUT2D eigenvalue weighted by Gasteiger charge is 2.32. The zero-order valence-corrected chi connectivity index (χ0v) is 21.6. The molecule has 1 aromatic heterocycles. The maximum absolute atomic E-state index is 12.9. The molecule has 180 valence electrons. The molecule has 0 unspecified atom stereocenters. The number of carbonyl (C=O) groups excluding carboxylic acids is 2. The van der Waals surface area contributed by atoms with E-state index in [2.05, 4.69) is 0 Å². The average Bonchev–Trinajstić information content (AvgIpc) is 3.37. The molecule has 0 saturated carbocycles. The van der Waals surface area contributed by atoms with Crippen LogP contribution in [-0.4, -0.2) is 27.6 Å². The second kappa shape index (κ2) is 10.4. The fourth-order valence-electron chi connectivity index (χ4n) is 3.67. The normalized spacial score (nSPS) is 14.7. The summed E-state index contributed by atoms with van der Waals surface area (Å²) in [5, 5.41) is 0.551. The molecule has 0 N–H and O–H groups in total. The standard InChI is InChI=1S/C26H16ClNO5S3/c27-17-8-6-16(7-9-17)22-18(10-11-19-23(22)36-26(31)33-19)32-21(29)12-13-28-24(30)20(35-25(28)34)14-15-4-2-1-3-5-15/h1-11,14H,12-13H2/b20-14+. The number of ether oxygens (including phenoxy) is 1. The Kier molecular flexibility index (Phi) is 7.06. The van der Waals surface area contributed by atoms with E-state index in [1.807, 2.05) is 30.3 Å². The monoisotopic (exact) mass is 553 g/mol. The first-order valence-electron chi connectivity index (χ1n) is 10.7. The lowest BCUT2D eigenvalue weighted by atomic mass is 10.0. The third-order valence-corrected chi connectivity index (χ3v) is 7.82. The molecule has 5 rings (SSSR count). The fourth-order valence-corrected chi connectivity index (χ4v) is 5.93. The molecule has 1 amide bonds. The van der Waals surface area contributed by atoms with Gasteiger partial charge in [0.05, 0.1) is 16.0 Å². The van der Waals surface area contributed by atoms with E-state index in [1.165, 1.54) is 16.7 Å². The van der Waals surface area contributed by atoms with Crippen LogP contribution in [0.4, 0.5) is 0 Å². The Morgan fingerprint density at radius 2 is 1.81 bits per heavy atom. The minimum Gasteiger partial charge on any atom is -0.426 e. The number of hydrogen-bond acceptors (Lipinski definition) is 8. The predicted octanol–water partition coefficient (Wildman–Crippen LogP) is 6.37. The minimum atomic E-state index is -0.540. The molecule has 1 aliphatic heterocycles. The first-order chi connectivity index (χ1) is 17.4. The van der Waals surface area contributed by atoms with Crippen molar-refractivity contribution in [2.75, 3.05) is 6.54 Å². The Bertz CT molecular complexity index is 1570. The summed E-state index contributed by atoms with van der Waals surface area (Å²) in [7, 11) is 0. The van der Waals surface area contributed by atoms with Crippen LogP contribution in [0, 0.1) is 0 Å². The second-order valence-corrected chi connectivity index (χ2v) is 10.8. The van der Waals surface area contributed by atoms with Crippen molar-refractivity contribution in [2.24, 2.45) is 0 Å². The van der Waals surface area contributed by atoms with Crippen molar-refractivity contribution in [2.45, 2.75) is 6.42 Å². The van der Waals surface area contributed by atoms with E-state index in [4.69, 9.17) is 33.0 Å². The number of benzene rings is 3. The molecule has 0 aliphatic carbocycles. The van der Waals surface area contributed by atoms with Crippen LogP contribution in [0.25, 0.3) is 27.5 Å². The van der Waals surface area contributed by atoms with Crippen LogP contribution >= 0.6 is 46.9 Å². The molecule has 1 saturated heterocycles. The number of amides is 1. The van der Waals surface area contributed by atoms with Gasteiger partial charge in [-0.2, -0.15) is 0 Å². The summed E-state index contributed by atoms with van der Waals surface area (Å²) in [4.78, 5) is 39.0. The number of hydrogen-bond donors (Lipinski definition) is 0. The van der Waals surface area contributed by atoms with E-state index in [0.717, 1.165) is 16.9 Å². The third kappa shape index (κ3) is 5.15. The maximum Gasteiger partial charge on any atom is 0.396 e. The van der Waals surface area contributed by atoms with Crippen molar-refractivity contribution < 1.29 is 18.7 Å². The molecule has 3 aromatic carbocycles. The van der Waals surface area contributed by atoms with Gasteiger partial charge >= 0.3 is 10.9 Å². The molecule has 4 aromatic rings. The molecule has 0 atom stereocenters. The van der Waals surface area contributed by atoms with Crippen LogP contribution in [0.3, 0.4) is 0 Å². The Hall–Kier alpha value is -3.24. The number of fused-ring (bicyclic) bond motifs is 1. The Balaban J connectivity index is 1.34. The molecule has 36 heavy (non-hydrogen) atoms. The number of nitrogens with zero attached hydrogens (tertiary/aromatic N) is 1. The lowest BCUT2D eigenvalue weighted by molar-refractivity contribution is -0.134. The van der Waals surface area contributed by atoms with Crippen molar-refractivity contribution in [3.63, 3.8) is 0 Å². The van der Waals surface area contributed by atoms with Gasteiger partial charge in [0.1, 0.15) is 15.7 Å². The lowest BCUT2D eigenvalue weighted by Gasteiger charge is -2.15. The van der Waals surface area contributed by atoms with Gasteiger partial charge in [0.2, 0.25) is 0 Å². The first-order valence-corrected chi connectivity index (χ1v) is 13.1. The number of halogens is 1. The average molecular weight is 554 g/mol. The number of esters is 1. The zero-order valence-electron chi connectivity index (χ0n) is 18.4. The van der Waals surface area contributed by atoms with Crippen molar-refractivity contribution in [3.8, 4) is 16.9 Å². The van der Waals surface area contributed by atoms with E-state index in [1.54, 1.807) is 42.5 Å². The van der Waals surface area contributed by atoms with E-state index < -0.39 is 10.9 Å². The molecule has 1 fully saturated rings. The SMILES string of the molecule is O=C(CCN1C(=O)/C(=C\c2ccccc2)SC1=S)Oc1ccc2oc(=O)sc2c1-c1ccc(Cl)cc1. The van der Waals surface area contributed by atoms with E-state index in [-0.39, 0.29) is 24.6 Å². The minimum absolute atomic E-state index is 0.0647. The molecule has 2 heterocycles. The van der Waals surface area contributed by atoms with Crippen molar-refractivity contribution in [3.05, 3.63) is 92.0 Å². The molecular formula is C26H16ClNO5S3. The van der Waals surface area contributed by atoms with Crippen LogP contribution in [0.15, 0.2) is 80.8 Å². The fraction of sp³-hybridized carbons (Fsp3) is 0.0769. The van der Waals surface area contributed by atoms with Gasteiger partial charge in [-0.25, -0.2) is 4.79 Å². The van der Waals surface area contributed by atoms with Crippen LogP contribution in [-0.2, 0) is 9.59 Å². The highest BCUT2D eigenvalue weighted by molar-refractivity contribution is 8.26. The summed E-state index contributed by atoms with van der Waals surface area (Å²) in [5.41, 5.74) is 2.57. The van der Waals surface area contributed by atoms with Gasteiger partial charge in [-0.15, -0.1) is 0 Å². The van der Waals surface area contributed by atoms with E-state index in [9.17, 15) is 14.4 Å². The first kappa shape index (κ1) is 24.5. The predicted molar refractivity (Wildman–Crippen MR) is 147 cm³/mol. The van der Waals surface area contributed by atoms with Gasteiger partial charge in [-0.3, -0.25) is 14.5 Å². The van der Waals surface area contributed by atoms with Gasteiger partial charge in [0, 0.05) is 17.1 Å². The van der Waals surface area contributed by atoms with E-state index >= 15 is 0 Å². The summed E-state index contributed by atoms with van der Waals surface area (Å²) in [6.45, 7) is 0.0905. The Labute approximate surface area is 224 Å². The van der Waals surface area contributed by atoms with Crippen molar-refractivity contribution >= 4 is 79.5 Å². The van der Waals surface area contributed by atoms with Gasteiger partial charge < -0.3 is 9.15 Å². The molecular weight excluding hydrogens is 538 g/mol. The Morgan fingerprint density at radius 3 is 2.56 bits per heavy atom. The topological polar surface area (TPSA) is 76.8 Å². The van der Waals surface area contributed by atoms with Crippen LogP contribution in [0.1, 0.15) is 12.0 Å².